The van der Waals surface area contributed by atoms with Crippen molar-refractivity contribution >= 4 is 11.0 Å². The van der Waals surface area contributed by atoms with Gasteiger partial charge in [-0.25, -0.2) is 4.98 Å². The number of nitrogens with zero attached hydrogens (tertiary/aromatic N) is 2. The number of H-pyrrole nitrogens is 1. The minimum absolute atomic E-state index is 0.0910. The molecule has 1 aliphatic rings. The predicted molar refractivity (Wildman–Crippen MR) is 69.9 cm³/mol. The van der Waals surface area contributed by atoms with Crippen LogP contribution in [0, 0.1) is 0 Å². The van der Waals surface area contributed by atoms with E-state index in [1.807, 2.05) is 6.07 Å². The van der Waals surface area contributed by atoms with Gasteiger partial charge in [-0.05, 0) is 45.0 Å². The van der Waals surface area contributed by atoms with Crippen LogP contribution in [0.25, 0.3) is 11.0 Å². The number of para-hydroxylation sites is 2. The Morgan fingerprint density at radius 3 is 3.00 bits per heavy atom. The highest BCUT2D eigenvalue weighted by Gasteiger charge is 2.39. The molecule has 1 N–H and O–H groups in total. The number of fused-ring (bicyclic) bond motifs is 1. The van der Waals surface area contributed by atoms with Crippen LogP contribution in [0.4, 0.5) is 0 Å². The fourth-order valence-corrected chi connectivity index (χ4v) is 3.00. The number of aromatic amines is 1. The van der Waals surface area contributed by atoms with Gasteiger partial charge in [0.2, 0.25) is 0 Å². The monoisotopic (exact) mass is 229 g/mol. The number of likely N-dealkylation sites (tertiary alicyclic amines) is 1. The van der Waals surface area contributed by atoms with E-state index in [0.29, 0.717) is 0 Å². The topological polar surface area (TPSA) is 31.9 Å². The largest absolute Gasteiger partial charge is 0.340 e. The lowest BCUT2D eigenvalue weighted by molar-refractivity contribution is 0.156. The maximum atomic E-state index is 4.77. The van der Waals surface area contributed by atoms with Crippen LogP contribution < -0.4 is 0 Å². The number of hydrogen-bond donors (Lipinski definition) is 1. The zero-order valence-corrected chi connectivity index (χ0v) is 10.5. The number of benzene rings is 1. The molecule has 90 valence electrons. The first-order chi connectivity index (χ1) is 8.24. The van der Waals surface area contributed by atoms with E-state index >= 15 is 0 Å². The van der Waals surface area contributed by atoms with Crippen molar-refractivity contribution in [1.29, 1.82) is 0 Å². The Kier molecular flexibility index (Phi) is 2.44. The normalized spacial score (nSPS) is 25.8. The average molecular weight is 229 g/mol. The van der Waals surface area contributed by atoms with Crippen molar-refractivity contribution in [3.05, 3.63) is 30.1 Å². The highest BCUT2D eigenvalue weighted by Crippen LogP contribution is 2.37. The van der Waals surface area contributed by atoms with Crippen LogP contribution in [0.2, 0.25) is 0 Å². The number of imidazole rings is 1. The lowest BCUT2D eigenvalue weighted by atomic mass is 9.98. The van der Waals surface area contributed by atoms with Crippen LogP contribution >= 0.6 is 0 Å². The second-order valence-electron chi connectivity index (χ2n) is 5.06. The summed E-state index contributed by atoms with van der Waals surface area (Å²) >= 11 is 0. The molecular formula is C14H19N3. The van der Waals surface area contributed by atoms with E-state index in [0.717, 1.165) is 23.4 Å². The van der Waals surface area contributed by atoms with Crippen molar-refractivity contribution in [2.75, 3.05) is 13.1 Å². The molecule has 1 aromatic carbocycles. The summed E-state index contributed by atoms with van der Waals surface area (Å²) in [5, 5.41) is 0. The molecule has 1 fully saturated rings. The van der Waals surface area contributed by atoms with Crippen molar-refractivity contribution in [2.45, 2.75) is 32.2 Å². The number of nitrogens with one attached hydrogen (secondary N) is 1. The summed E-state index contributed by atoms with van der Waals surface area (Å²) in [5.41, 5.74) is 2.31. The first-order valence-corrected chi connectivity index (χ1v) is 6.44. The molecule has 0 bridgehead atoms. The van der Waals surface area contributed by atoms with Gasteiger partial charge in [-0.2, -0.15) is 0 Å². The van der Waals surface area contributed by atoms with E-state index in [-0.39, 0.29) is 5.54 Å². The Bertz CT molecular complexity index is 498. The molecule has 3 nitrogen and oxygen atoms in total. The molecule has 1 aromatic heterocycles. The number of hydrogen-bond acceptors (Lipinski definition) is 2. The Hall–Kier alpha value is -1.35. The van der Waals surface area contributed by atoms with Crippen LogP contribution in [0.15, 0.2) is 24.3 Å². The third-order valence-electron chi connectivity index (χ3n) is 4.07. The highest BCUT2D eigenvalue weighted by atomic mass is 15.2. The summed E-state index contributed by atoms with van der Waals surface area (Å²) in [6, 6.07) is 8.27. The Morgan fingerprint density at radius 1 is 1.41 bits per heavy atom. The molecule has 0 saturated carbocycles. The van der Waals surface area contributed by atoms with Crippen molar-refractivity contribution in [2.24, 2.45) is 0 Å². The standard InChI is InChI=1S/C14H19N3/c1-3-17-10-6-9-14(17,2)13-15-11-7-4-5-8-12(11)16-13/h4-5,7-8H,3,6,9-10H2,1-2H3,(H,15,16). The molecule has 3 heteroatoms. The predicted octanol–water partition coefficient (Wildman–Crippen LogP) is 2.89. The van der Waals surface area contributed by atoms with Gasteiger partial charge < -0.3 is 4.98 Å². The van der Waals surface area contributed by atoms with Gasteiger partial charge in [0.25, 0.3) is 0 Å². The highest BCUT2D eigenvalue weighted by molar-refractivity contribution is 5.74. The fourth-order valence-electron chi connectivity index (χ4n) is 3.00. The molecular weight excluding hydrogens is 210 g/mol. The van der Waals surface area contributed by atoms with E-state index in [9.17, 15) is 0 Å². The van der Waals surface area contributed by atoms with Crippen molar-refractivity contribution in [1.82, 2.24) is 14.9 Å². The van der Waals surface area contributed by atoms with Gasteiger partial charge in [0, 0.05) is 0 Å². The molecule has 1 atom stereocenters. The first-order valence-electron chi connectivity index (χ1n) is 6.44. The van der Waals surface area contributed by atoms with Crippen LogP contribution in [0.3, 0.4) is 0 Å². The first kappa shape index (κ1) is 10.8. The third-order valence-corrected chi connectivity index (χ3v) is 4.07. The SMILES string of the molecule is CCN1CCCC1(C)c1nc2ccccc2[nH]1. The zero-order chi connectivity index (χ0) is 11.9. The Balaban J connectivity index is 2.08. The summed E-state index contributed by atoms with van der Waals surface area (Å²) in [6.45, 7) is 6.81. The molecule has 0 radical (unpaired) electrons. The molecule has 1 saturated heterocycles. The molecule has 3 rings (SSSR count). The van der Waals surface area contributed by atoms with Gasteiger partial charge in [-0.1, -0.05) is 19.1 Å². The number of rotatable bonds is 2. The summed E-state index contributed by atoms with van der Waals surface area (Å²) < 4.78 is 0. The maximum absolute atomic E-state index is 4.77. The smallest absolute Gasteiger partial charge is 0.127 e. The van der Waals surface area contributed by atoms with Gasteiger partial charge in [-0.15, -0.1) is 0 Å². The van der Waals surface area contributed by atoms with E-state index < -0.39 is 0 Å². The Morgan fingerprint density at radius 2 is 2.24 bits per heavy atom. The summed E-state index contributed by atoms with van der Waals surface area (Å²) in [4.78, 5) is 10.8. The van der Waals surface area contributed by atoms with Crippen LogP contribution in [0.1, 0.15) is 32.5 Å². The third kappa shape index (κ3) is 1.57. The zero-order valence-electron chi connectivity index (χ0n) is 10.5. The molecule has 0 aliphatic carbocycles. The quantitative estimate of drug-likeness (QED) is 0.858. The second kappa shape index (κ2) is 3.84. The van der Waals surface area contributed by atoms with Gasteiger partial charge in [0.05, 0.1) is 16.6 Å². The van der Waals surface area contributed by atoms with Crippen LogP contribution in [0.5, 0.6) is 0 Å². The van der Waals surface area contributed by atoms with Crippen molar-refractivity contribution in [3.63, 3.8) is 0 Å². The van der Waals surface area contributed by atoms with E-state index in [2.05, 4.69) is 41.9 Å². The molecule has 2 heterocycles. The lowest BCUT2D eigenvalue weighted by Crippen LogP contribution is -2.39. The van der Waals surface area contributed by atoms with Gasteiger partial charge in [-0.3, -0.25) is 4.90 Å². The molecule has 17 heavy (non-hydrogen) atoms. The van der Waals surface area contributed by atoms with Crippen LogP contribution in [-0.2, 0) is 5.54 Å². The maximum Gasteiger partial charge on any atom is 0.127 e. The molecule has 1 aliphatic heterocycles. The fraction of sp³-hybridized carbons (Fsp3) is 0.500. The van der Waals surface area contributed by atoms with Crippen molar-refractivity contribution in [3.8, 4) is 0 Å². The van der Waals surface area contributed by atoms with Gasteiger partial charge in [0.15, 0.2) is 0 Å². The van der Waals surface area contributed by atoms with Gasteiger partial charge in [0.1, 0.15) is 5.82 Å². The van der Waals surface area contributed by atoms with Crippen LogP contribution in [-0.4, -0.2) is 28.0 Å². The summed E-state index contributed by atoms with van der Waals surface area (Å²) in [7, 11) is 0. The van der Waals surface area contributed by atoms with Crippen molar-refractivity contribution < 1.29 is 0 Å². The van der Waals surface area contributed by atoms with E-state index in [4.69, 9.17) is 4.98 Å². The molecule has 2 aromatic rings. The second-order valence-corrected chi connectivity index (χ2v) is 5.06. The molecule has 0 spiro atoms. The summed E-state index contributed by atoms with van der Waals surface area (Å²) in [6.07, 6.45) is 2.46. The Labute approximate surface area is 102 Å². The lowest BCUT2D eigenvalue weighted by Gasteiger charge is -2.32. The average Bonchev–Trinajstić information content (AvgIpc) is 2.92. The van der Waals surface area contributed by atoms with E-state index in [1.165, 1.54) is 19.4 Å². The minimum atomic E-state index is 0.0910. The molecule has 0 amide bonds. The minimum Gasteiger partial charge on any atom is -0.340 e. The number of aromatic nitrogens is 2. The summed E-state index contributed by atoms with van der Waals surface area (Å²) in [5.74, 6) is 1.12. The molecule has 1 unspecified atom stereocenters. The van der Waals surface area contributed by atoms with E-state index in [1.54, 1.807) is 0 Å². The van der Waals surface area contributed by atoms with Gasteiger partial charge >= 0.3 is 0 Å².